The van der Waals surface area contributed by atoms with Crippen LogP contribution in [0.1, 0.15) is 47.9 Å². The highest BCUT2D eigenvalue weighted by atomic mass is 32.2. The first kappa shape index (κ1) is 25.1. The van der Waals surface area contributed by atoms with E-state index in [4.69, 9.17) is 0 Å². The smallest absolute Gasteiger partial charge is 0.262 e. The van der Waals surface area contributed by atoms with Crippen molar-refractivity contribution in [2.45, 2.75) is 33.2 Å². The summed E-state index contributed by atoms with van der Waals surface area (Å²) in [7, 11) is -3.47. The minimum atomic E-state index is -3.47. The minimum Gasteiger partial charge on any atom is -0.326 e. The van der Waals surface area contributed by atoms with Crippen LogP contribution in [0.25, 0.3) is 0 Å². The number of rotatable bonds is 7. The Balaban J connectivity index is 1.86. The van der Waals surface area contributed by atoms with Crippen LogP contribution in [0.2, 0.25) is 0 Å². The monoisotopic (exact) mass is 485 g/mol. The summed E-state index contributed by atoms with van der Waals surface area (Å²) in [6, 6.07) is 11.3. The number of imide groups is 1. The minimum absolute atomic E-state index is 0.163. The second-order valence-corrected chi connectivity index (χ2v) is 11.5. The lowest BCUT2D eigenvalue weighted by Crippen LogP contribution is -2.48. The van der Waals surface area contributed by atoms with Gasteiger partial charge in [-0.05, 0) is 36.8 Å². The number of fused-ring (bicyclic) bond motifs is 1. The molecule has 180 valence electrons. The molecule has 1 heterocycles. The van der Waals surface area contributed by atoms with Gasteiger partial charge in [0, 0.05) is 23.0 Å². The Morgan fingerprint density at radius 1 is 0.912 bits per heavy atom. The highest BCUT2D eigenvalue weighted by Gasteiger charge is 2.42. The number of carbonyl (C=O) groups is 4. The number of hydrogen-bond acceptors (Lipinski definition) is 6. The predicted octanol–water partition coefficient (Wildman–Crippen LogP) is 2.71. The fourth-order valence-corrected chi connectivity index (χ4v) is 4.06. The van der Waals surface area contributed by atoms with Gasteiger partial charge in [0.05, 0.1) is 16.9 Å². The van der Waals surface area contributed by atoms with Crippen LogP contribution >= 0.6 is 0 Å². The predicted molar refractivity (Wildman–Crippen MR) is 128 cm³/mol. The first-order chi connectivity index (χ1) is 15.8. The van der Waals surface area contributed by atoms with Gasteiger partial charge in [0.1, 0.15) is 15.9 Å². The Hall–Kier alpha value is -3.53. The van der Waals surface area contributed by atoms with E-state index in [1.54, 1.807) is 51.1 Å². The number of nitrogens with one attached hydrogen (secondary N) is 2. The molecule has 1 atom stereocenters. The van der Waals surface area contributed by atoms with Crippen LogP contribution in [-0.4, -0.2) is 55.0 Å². The molecule has 1 unspecified atom stereocenters. The quantitative estimate of drug-likeness (QED) is 0.580. The van der Waals surface area contributed by atoms with Crippen molar-refractivity contribution in [1.29, 1.82) is 0 Å². The molecule has 4 amide bonds. The molecule has 0 spiro atoms. The average Bonchev–Trinajstić information content (AvgIpc) is 2.98. The fourth-order valence-electron chi connectivity index (χ4n) is 3.41. The van der Waals surface area contributed by atoms with Gasteiger partial charge in [-0.2, -0.15) is 0 Å². The van der Waals surface area contributed by atoms with Gasteiger partial charge in [0.15, 0.2) is 0 Å². The molecule has 1 aliphatic heterocycles. The van der Waals surface area contributed by atoms with E-state index in [1.165, 1.54) is 18.2 Å². The number of nitrogens with zero attached hydrogens (tertiary/aromatic N) is 1. The van der Waals surface area contributed by atoms with E-state index in [2.05, 4.69) is 10.6 Å². The summed E-state index contributed by atoms with van der Waals surface area (Å²) in [5, 5.41) is 5.41. The number of amides is 4. The zero-order valence-electron chi connectivity index (χ0n) is 19.4. The van der Waals surface area contributed by atoms with Crippen LogP contribution in [0.15, 0.2) is 48.5 Å². The maximum Gasteiger partial charge on any atom is 0.262 e. The molecule has 0 radical (unpaired) electrons. The van der Waals surface area contributed by atoms with Crippen molar-refractivity contribution in [2.75, 3.05) is 22.6 Å². The van der Waals surface area contributed by atoms with E-state index >= 15 is 0 Å². The molecule has 3 rings (SSSR count). The van der Waals surface area contributed by atoms with Crippen LogP contribution < -0.4 is 10.6 Å². The lowest BCUT2D eigenvalue weighted by molar-refractivity contribution is -0.123. The average molecular weight is 486 g/mol. The lowest BCUT2D eigenvalue weighted by Gasteiger charge is -2.25. The number of hydrogen-bond donors (Lipinski definition) is 2. The molecule has 0 fully saturated rings. The Labute approximate surface area is 198 Å². The molecule has 0 aliphatic carbocycles. The molecule has 34 heavy (non-hydrogen) atoms. The first-order valence-corrected chi connectivity index (χ1v) is 12.7. The van der Waals surface area contributed by atoms with Crippen molar-refractivity contribution < 1.29 is 27.6 Å². The van der Waals surface area contributed by atoms with Crippen molar-refractivity contribution in [2.24, 2.45) is 5.41 Å². The molecular weight excluding hydrogens is 458 g/mol. The summed E-state index contributed by atoms with van der Waals surface area (Å²) < 4.78 is 23.6. The van der Waals surface area contributed by atoms with Gasteiger partial charge in [-0.1, -0.05) is 39.0 Å². The molecule has 2 aromatic carbocycles. The highest BCUT2D eigenvalue weighted by Crippen LogP contribution is 2.27. The van der Waals surface area contributed by atoms with Gasteiger partial charge in [-0.25, -0.2) is 8.42 Å². The van der Waals surface area contributed by atoms with E-state index in [9.17, 15) is 27.6 Å². The van der Waals surface area contributed by atoms with Crippen molar-refractivity contribution in [3.05, 3.63) is 59.7 Å². The van der Waals surface area contributed by atoms with Gasteiger partial charge < -0.3 is 10.6 Å². The number of anilines is 2. The van der Waals surface area contributed by atoms with Crippen molar-refractivity contribution in [1.82, 2.24) is 4.90 Å². The number of carbonyl (C=O) groups excluding carboxylic acids is 4. The molecule has 10 heteroatoms. The third kappa shape index (κ3) is 5.69. The second kappa shape index (κ2) is 9.38. The van der Waals surface area contributed by atoms with E-state index in [-0.39, 0.29) is 29.2 Å². The van der Waals surface area contributed by atoms with Gasteiger partial charge in [0.25, 0.3) is 11.8 Å². The summed E-state index contributed by atoms with van der Waals surface area (Å²) in [5.41, 5.74) is 0.471. The molecule has 1 aliphatic rings. The molecule has 2 N–H and O–H groups in total. The van der Waals surface area contributed by atoms with E-state index in [1.807, 2.05) is 0 Å². The maximum absolute atomic E-state index is 13.2. The molecule has 0 saturated carbocycles. The van der Waals surface area contributed by atoms with Gasteiger partial charge in [0.2, 0.25) is 11.8 Å². The standard InChI is InChI=1S/C24H27N3O6S/c1-24(2,3)23(31)26-16-9-7-8-15(14-16)25-20(28)19(12-13-34(4,32)33)27-21(29)17-10-5-6-11-18(17)22(27)30/h5-11,14,19H,12-13H2,1-4H3,(H,25,28)(H,26,31). The van der Waals surface area contributed by atoms with Gasteiger partial charge >= 0.3 is 0 Å². The summed E-state index contributed by atoms with van der Waals surface area (Å²) >= 11 is 0. The van der Waals surface area contributed by atoms with Crippen LogP contribution in [0.4, 0.5) is 11.4 Å². The third-order valence-corrected chi connectivity index (χ3v) is 6.25. The fraction of sp³-hybridized carbons (Fsp3) is 0.333. The van der Waals surface area contributed by atoms with Crippen molar-refractivity contribution in [3.63, 3.8) is 0 Å². The SMILES string of the molecule is CC(C)(C)C(=O)Nc1cccc(NC(=O)C(CCS(C)(=O)=O)N2C(=O)c3ccccc3C2=O)c1. The Morgan fingerprint density at radius 2 is 1.44 bits per heavy atom. The van der Waals surface area contributed by atoms with E-state index in [0.29, 0.717) is 11.4 Å². The van der Waals surface area contributed by atoms with Crippen LogP contribution in [0, 0.1) is 5.41 Å². The van der Waals surface area contributed by atoms with Crippen LogP contribution in [-0.2, 0) is 19.4 Å². The largest absolute Gasteiger partial charge is 0.326 e. The molecule has 9 nitrogen and oxygen atoms in total. The number of benzene rings is 2. The molecular formula is C24H27N3O6S. The van der Waals surface area contributed by atoms with Crippen molar-refractivity contribution in [3.8, 4) is 0 Å². The molecule has 2 aromatic rings. The Kier molecular flexibility index (Phi) is 6.92. The zero-order valence-corrected chi connectivity index (χ0v) is 20.2. The lowest BCUT2D eigenvalue weighted by atomic mass is 9.95. The Bertz CT molecular complexity index is 1230. The summed E-state index contributed by atoms with van der Waals surface area (Å²) in [6.45, 7) is 5.30. The van der Waals surface area contributed by atoms with Gasteiger partial charge in [-0.15, -0.1) is 0 Å². The van der Waals surface area contributed by atoms with Gasteiger partial charge in [-0.3, -0.25) is 24.1 Å². The summed E-state index contributed by atoms with van der Waals surface area (Å²) in [6.07, 6.45) is 0.766. The molecule has 0 saturated heterocycles. The highest BCUT2D eigenvalue weighted by molar-refractivity contribution is 7.90. The number of sulfone groups is 1. The van der Waals surface area contributed by atoms with E-state index in [0.717, 1.165) is 11.2 Å². The van der Waals surface area contributed by atoms with Crippen LogP contribution in [0.5, 0.6) is 0 Å². The molecule has 0 bridgehead atoms. The topological polar surface area (TPSA) is 130 Å². The Morgan fingerprint density at radius 3 is 1.94 bits per heavy atom. The van der Waals surface area contributed by atoms with Crippen LogP contribution in [0.3, 0.4) is 0 Å². The first-order valence-electron chi connectivity index (χ1n) is 10.6. The normalized spacial score (nSPS) is 14.5. The summed E-state index contributed by atoms with van der Waals surface area (Å²) in [5.74, 6) is -2.62. The van der Waals surface area contributed by atoms with Crippen molar-refractivity contribution >= 4 is 44.8 Å². The maximum atomic E-state index is 13.2. The second-order valence-electron chi connectivity index (χ2n) is 9.23. The molecule has 0 aromatic heterocycles. The summed E-state index contributed by atoms with van der Waals surface area (Å²) in [4.78, 5) is 52.2. The third-order valence-electron chi connectivity index (χ3n) is 5.27. The van der Waals surface area contributed by atoms with E-state index < -0.39 is 39.0 Å². The zero-order chi connectivity index (χ0) is 25.3.